The first kappa shape index (κ1) is 20.5. The molecule has 0 saturated carbocycles. The van der Waals surface area contributed by atoms with Crippen molar-refractivity contribution in [1.82, 2.24) is 9.94 Å². The van der Waals surface area contributed by atoms with Crippen molar-refractivity contribution in [2.45, 2.75) is 51.6 Å². The molecule has 0 atom stereocenters. The second-order valence-corrected chi connectivity index (χ2v) is 14.8. The Hall–Kier alpha value is -2.80. The summed E-state index contributed by atoms with van der Waals surface area (Å²) in [5.74, 6) is -0.370. The Labute approximate surface area is 177 Å². The quantitative estimate of drug-likeness (QED) is 0.571. The van der Waals surface area contributed by atoms with E-state index in [-0.39, 0.29) is 11.8 Å². The summed E-state index contributed by atoms with van der Waals surface area (Å²) >= 11 is 0. The molecule has 7 heteroatoms. The number of benzene rings is 2. The van der Waals surface area contributed by atoms with Gasteiger partial charge in [0, 0.05) is 31.9 Å². The van der Waals surface area contributed by atoms with Gasteiger partial charge in [-0.25, -0.2) is 4.79 Å². The van der Waals surface area contributed by atoms with E-state index >= 15 is 0 Å². The number of aryl methyl sites for hydroxylation is 1. The lowest BCUT2D eigenvalue weighted by Crippen LogP contribution is -2.25. The van der Waals surface area contributed by atoms with Gasteiger partial charge < -0.3 is 14.7 Å². The molecule has 0 unspecified atom stereocenters. The maximum absolute atomic E-state index is 11.9. The summed E-state index contributed by atoms with van der Waals surface area (Å²) in [5.41, 5.74) is 4.06. The minimum atomic E-state index is -1.26. The van der Waals surface area contributed by atoms with Crippen LogP contribution in [-0.2, 0) is 12.8 Å². The normalized spacial score (nSPS) is 14.1. The number of hydrogen-bond donors (Lipinski definition) is 1. The zero-order valence-electron chi connectivity index (χ0n) is 17.9. The molecule has 158 valence electrons. The van der Waals surface area contributed by atoms with Gasteiger partial charge in [0.05, 0.1) is 0 Å². The molecule has 1 aliphatic rings. The fourth-order valence-corrected chi connectivity index (χ4v) is 4.63. The molecule has 1 heterocycles. The average molecular weight is 425 g/mol. The van der Waals surface area contributed by atoms with Crippen LogP contribution < -0.4 is 9.57 Å². The van der Waals surface area contributed by atoms with Crippen LogP contribution in [0.4, 0.5) is 0 Å². The van der Waals surface area contributed by atoms with Crippen LogP contribution in [0.2, 0.25) is 25.7 Å². The Balaban J connectivity index is 1.61. The van der Waals surface area contributed by atoms with Crippen molar-refractivity contribution in [3.63, 3.8) is 0 Å². The van der Waals surface area contributed by atoms with E-state index in [1.165, 1.54) is 16.0 Å². The molecule has 1 aliphatic carbocycles. The third-order valence-corrected chi connectivity index (χ3v) is 7.31. The lowest BCUT2D eigenvalue weighted by atomic mass is 10.1. The van der Waals surface area contributed by atoms with Crippen molar-refractivity contribution in [3.8, 4) is 5.75 Å². The highest BCUT2D eigenvalue weighted by molar-refractivity contribution is 6.76. The topological polar surface area (TPSA) is 73.6 Å². The van der Waals surface area contributed by atoms with Crippen LogP contribution in [0.15, 0.2) is 36.4 Å². The molecule has 0 fully saturated rings. The number of nitrogens with zero attached hydrogens (tertiary/aromatic N) is 2. The SMILES string of the molecule is Cc1c(OC2Cc3ccccc3C2)ccc2c1c(C(=O)O)nn2OCC[Si](C)(C)C. The highest BCUT2D eigenvalue weighted by Crippen LogP contribution is 2.33. The van der Waals surface area contributed by atoms with E-state index in [0.29, 0.717) is 23.3 Å². The molecule has 0 radical (unpaired) electrons. The average Bonchev–Trinajstić information content (AvgIpc) is 3.24. The summed E-state index contributed by atoms with van der Waals surface area (Å²) in [6.45, 7) is 9.23. The van der Waals surface area contributed by atoms with Gasteiger partial charge in [0.25, 0.3) is 0 Å². The molecule has 0 bridgehead atoms. The number of carboxylic acid groups (broad SMARTS) is 1. The fraction of sp³-hybridized carbons (Fsp3) is 0.391. The van der Waals surface area contributed by atoms with Crippen molar-refractivity contribution >= 4 is 24.9 Å². The van der Waals surface area contributed by atoms with Gasteiger partial charge in [0.15, 0.2) is 5.69 Å². The molecule has 0 spiro atoms. The second kappa shape index (κ2) is 7.79. The van der Waals surface area contributed by atoms with E-state index in [1.807, 2.05) is 31.2 Å². The highest BCUT2D eigenvalue weighted by atomic mass is 28.3. The number of aromatic carboxylic acids is 1. The van der Waals surface area contributed by atoms with Crippen molar-refractivity contribution < 1.29 is 19.5 Å². The van der Waals surface area contributed by atoms with Gasteiger partial charge in [-0.15, -0.1) is 5.10 Å². The minimum absolute atomic E-state index is 0.00402. The van der Waals surface area contributed by atoms with E-state index in [4.69, 9.17) is 9.57 Å². The van der Waals surface area contributed by atoms with Gasteiger partial charge >= 0.3 is 5.97 Å². The Morgan fingerprint density at radius 3 is 2.43 bits per heavy atom. The summed E-state index contributed by atoms with van der Waals surface area (Å²) in [6, 6.07) is 13.1. The first-order valence-electron chi connectivity index (χ1n) is 10.4. The van der Waals surface area contributed by atoms with Gasteiger partial charge in [0.2, 0.25) is 0 Å². The van der Waals surface area contributed by atoms with Crippen LogP contribution in [0, 0.1) is 6.92 Å². The maximum atomic E-state index is 11.9. The molecule has 0 aliphatic heterocycles. The maximum Gasteiger partial charge on any atom is 0.357 e. The number of aromatic nitrogens is 2. The van der Waals surface area contributed by atoms with Crippen molar-refractivity contribution in [2.24, 2.45) is 0 Å². The third-order valence-electron chi connectivity index (χ3n) is 5.60. The molecular weight excluding hydrogens is 396 g/mol. The first-order chi connectivity index (χ1) is 14.2. The molecule has 4 rings (SSSR count). The number of hydrogen-bond acceptors (Lipinski definition) is 4. The van der Waals surface area contributed by atoms with Crippen molar-refractivity contribution in [3.05, 3.63) is 58.8 Å². The number of fused-ring (bicyclic) bond motifs is 2. The summed E-state index contributed by atoms with van der Waals surface area (Å²) < 4.78 is 6.30. The van der Waals surface area contributed by atoms with E-state index < -0.39 is 14.0 Å². The molecular formula is C23H28N2O4Si. The van der Waals surface area contributed by atoms with Gasteiger partial charge in [-0.05, 0) is 36.2 Å². The molecule has 6 nitrogen and oxygen atoms in total. The monoisotopic (exact) mass is 424 g/mol. The van der Waals surface area contributed by atoms with Gasteiger partial charge in [-0.3, -0.25) is 0 Å². The van der Waals surface area contributed by atoms with Crippen LogP contribution in [0.3, 0.4) is 0 Å². The Kier molecular flexibility index (Phi) is 5.32. The van der Waals surface area contributed by atoms with Crippen LogP contribution in [0.1, 0.15) is 27.2 Å². The zero-order valence-corrected chi connectivity index (χ0v) is 18.9. The van der Waals surface area contributed by atoms with Crippen LogP contribution >= 0.6 is 0 Å². The minimum Gasteiger partial charge on any atom is -0.489 e. The Morgan fingerprint density at radius 1 is 1.17 bits per heavy atom. The molecule has 0 saturated heterocycles. The molecule has 2 aromatic carbocycles. The Morgan fingerprint density at radius 2 is 1.83 bits per heavy atom. The third kappa shape index (κ3) is 4.07. The van der Waals surface area contributed by atoms with Gasteiger partial charge in [-0.2, -0.15) is 0 Å². The summed E-state index contributed by atoms with van der Waals surface area (Å²) in [4.78, 5) is 19.0. The summed E-state index contributed by atoms with van der Waals surface area (Å²) in [6.07, 6.45) is 1.77. The summed E-state index contributed by atoms with van der Waals surface area (Å²) in [5, 5.41) is 14.5. The van der Waals surface area contributed by atoms with Gasteiger partial charge in [-0.1, -0.05) is 48.8 Å². The first-order valence-corrected chi connectivity index (χ1v) is 14.1. The van der Waals surface area contributed by atoms with Crippen molar-refractivity contribution in [2.75, 3.05) is 6.61 Å². The lowest BCUT2D eigenvalue weighted by Gasteiger charge is -2.17. The predicted octanol–water partition coefficient (Wildman–Crippen LogP) is 4.36. The second-order valence-electron chi connectivity index (χ2n) is 9.17. The van der Waals surface area contributed by atoms with Crippen molar-refractivity contribution in [1.29, 1.82) is 0 Å². The van der Waals surface area contributed by atoms with E-state index in [2.05, 4.69) is 36.9 Å². The number of ether oxygens (including phenoxy) is 1. The molecule has 30 heavy (non-hydrogen) atoms. The van der Waals surface area contributed by atoms with Crippen LogP contribution in [0.5, 0.6) is 5.75 Å². The predicted molar refractivity (Wildman–Crippen MR) is 119 cm³/mol. The number of carboxylic acids is 1. The number of rotatable bonds is 7. The standard InChI is InChI=1S/C23H28N2O4Si/c1-15-20(29-18-13-16-7-5-6-8-17(16)14-18)10-9-19-21(15)22(23(26)27)24-25(19)28-11-12-30(2,3)4/h5-10,18H,11-14H2,1-4H3,(H,26,27). The van der Waals surface area contributed by atoms with E-state index in [9.17, 15) is 9.90 Å². The molecule has 3 aromatic rings. The number of carbonyl (C=O) groups is 1. The molecule has 1 aromatic heterocycles. The van der Waals surface area contributed by atoms with E-state index in [1.54, 1.807) is 0 Å². The van der Waals surface area contributed by atoms with Crippen LogP contribution in [0.25, 0.3) is 10.9 Å². The highest BCUT2D eigenvalue weighted by Gasteiger charge is 2.26. The van der Waals surface area contributed by atoms with Gasteiger partial charge in [0.1, 0.15) is 24.0 Å². The largest absolute Gasteiger partial charge is 0.489 e. The fourth-order valence-electron chi connectivity index (χ4n) is 3.93. The Bertz CT molecular complexity index is 1080. The molecule has 1 N–H and O–H groups in total. The molecule has 0 amide bonds. The summed E-state index contributed by atoms with van der Waals surface area (Å²) in [7, 11) is -1.26. The lowest BCUT2D eigenvalue weighted by molar-refractivity contribution is 0.0668. The zero-order chi connectivity index (χ0) is 21.5. The van der Waals surface area contributed by atoms with Crippen LogP contribution in [-0.4, -0.2) is 41.8 Å². The van der Waals surface area contributed by atoms with E-state index in [0.717, 1.165) is 24.4 Å². The smallest absolute Gasteiger partial charge is 0.357 e.